The van der Waals surface area contributed by atoms with Crippen molar-refractivity contribution in [2.24, 2.45) is 0 Å². The van der Waals surface area contributed by atoms with Gasteiger partial charge in [-0.25, -0.2) is 23.5 Å². The molecular weight excluding hydrogens is 489 g/mol. The van der Waals surface area contributed by atoms with E-state index in [9.17, 15) is 13.6 Å². The van der Waals surface area contributed by atoms with E-state index in [2.05, 4.69) is 15.3 Å². The van der Waals surface area contributed by atoms with Gasteiger partial charge in [0.05, 0.1) is 48.2 Å². The molecule has 0 atom stereocenters. The molecule has 0 spiro atoms. The molecule has 2 amide bonds. The fourth-order valence-corrected chi connectivity index (χ4v) is 4.61. The highest BCUT2D eigenvalue weighted by atomic mass is 35.5. The molecule has 5 rings (SSSR count). The van der Waals surface area contributed by atoms with Gasteiger partial charge in [0.1, 0.15) is 12.4 Å². The third-order valence-electron chi connectivity index (χ3n) is 5.72. The van der Waals surface area contributed by atoms with Crippen molar-refractivity contribution in [3.8, 4) is 17.0 Å². The van der Waals surface area contributed by atoms with E-state index in [0.717, 1.165) is 5.70 Å². The second-order valence-corrected chi connectivity index (χ2v) is 9.14. The minimum Gasteiger partial charge on any atom is -0.491 e. The molecular formula is C22H20Cl2F2N6O2. The third-order valence-corrected chi connectivity index (χ3v) is 6.24. The number of nitrogen functional groups attached to an aromatic ring is 1. The highest BCUT2D eigenvalue weighted by Gasteiger charge is 2.43. The number of amides is 2. The zero-order valence-electron chi connectivity index (χ0n) is 17.8. The monoisotopic (exact) mass is 508 g/mol. The molecule has 0 bridgehead atoms. The summed E-state index contributed by atoms with van der Waals surface area (Å²) < 4.78 is 32.1. The van der Waals surface area contributed by atoms with Gasteiger partial charge in [0.2, 0.25) is 5.95 Å². The van der Waals surface area contributed by atoms with Gasteiger partial charge in [0.25, 0.3) is 5.92 Å². The lowest BCUT2D eigenvalue weighted by Crippen LogP contribution is -2.57. The first-order valence-corrected chi connectivity index (χ1v) is 11.3. The van der Waals surface area contributed by atoms with Crippen molar-refractivity contribution >= 4 is 35.2 Å². The summed E-state index contributed by atoms with van der Waals surface area (Å²) >= 11 is 12.8. The molecule has 1 aromatic carbocycles. The molecule has 178 valence electrons. The Morgan fingerprint density at radius 2 is 2.00 bits per heavy atom. The van der Waals surface area contributed by atoms with Crippen molar-refractivity contribution in [3.63, 3.8) is 0 Å². The zero-order chi connectivity index (χ0) is 24.0. The van der Waals surface area contributed by atoms with Gasteiger partial charge in [0, 0.05) is 22.8 Å². The van der Waals surface area contributed by atoms with Gasteiger partial charge < -0.3 is 20.7 Å². The summed E-state index contributed by atoms with van der Waals surface area (Å²) in [6.45, 7) is 0.388. The number of benzene rings is 1. The largest absolute Gasteiger partial charge is 0.491 e. The Hall–Kier alpha value is -2.95. The van der Waals surface area contributed by atoms with E-state index in [4.69, 9.17) is 33.7 Å². The van der Waals surface area contributed by atoms with Crippen molar-refractivity contribution in [2.75, 3.05) is 32.0 Å². The van der Waals surface area contributed by atoms with Crippen LogP contribution in [0.1, 0.15) is 11.3 Å². The van der Waals surface area contributed by atoms with Crippen molar-refractivity contribution in [1.82, 2.24) is 25.1 Å². The molecule has 8 nitrogen and oxygen atoms in total. The second-order valence-electron chi connectivity index (χ2n) is 8.30. The molecule has 34 heavy (non-hydrogen) atoms. The number of likely N-dealkylation sites (tertiary alicyclic amines) is 1. The van der Waals surface area contributed by atoms with E-state index in [-0.39, 0.29) is 49.8 Å². The number of alkyl halides is 2. The minimum absolute atomic E-state index is 0.0282. The number of hydrogen-bond donors (Lipinski definition) is 2. The van der Waals surface area contributed by atoms with Crippen LogP contribution in [-0.4, -0.2) is 58.0 Å². The number of hydrogen-bond acceptors (Lipinski definition) is 6. The van der Waals surface area contributed by atoms with Crippen LogP contribution in [0.4, 0.5) is 19.5 Å². The average molecular weight is 509 g/mol. The van der Waals surface area contributed by atoms with Crippen LogP contribution in [0.5, 0.6) is 5.75 Å². The number of nitrogens with one attached hydrogen (secondary N) is 1. The van der Waals surface area contributed by atoms with E-state index < -0.39 is 5.92 Å². The van der Waals surface area contributed by atoms with E-state index in [1.165, 1.54) is 0 Å². The van der Waals surface area contributed by atoms with Gasteiger partial charge in [-0.05, 0) is 24.3 Å². The van der Waals surface area contributed by atoms with E-state index in [1.807, 2.05) is 6.08 Å². The van der Waals surface area contributed by atoms with Gasteiger partial charge in [-0.1, -0.05) is 29.3 Å². The first kappa shape index (κ1) is 22.8. The number of nitrogens with zero attached hydrogens (tertiary/aromatic N) is 4. The number of nitrogens with two attached hydrogens (primary N) is 1. The molecule has 3 N–H and O–H groups in total. The fraction of sp³-hybridized carbons (Fsp3) is 0.318. The van der Waals surface area contributed by atoms with Gasteiger partial charge in [0.15, 0.2) is 0 Å². The molecule has 0 saturated carbocycles. The van der Waals surface area contributed by atoms with Crippen LogP contribution >= 0.6 is 23.2 Å². The van der Waals surface area contributed by atoms with Gasteiger partial charge in [-0.15, -0.1) is 0 Å². The minimum atomic E-state index is -2.65. The maximum atomic E-state index is 13.1. The molecule has 0 unspecified atom stereocenters. The first-order valence-electron chi connectivity index (χ1n) is 10.5. The highest BCUT2D eigenvalue weighted by Crippen LogP contribution is 2.42. The molecule has 2 aromatic rings. The Balaban J connectivity index is 1.40. The molecule has 3 aliphatic rings. The lowest BCUT2D eigenvalue weighted by molar-refractivity contribution is -0.132. The maximum absolute atomic E-state index is 13.1. The molecule has 0 radical (unpaired) electrons. The highest BCUT2D eigenvalue weighted by molar-refractivity contribution is 6.37. The first-order chi connectivity index (χ1) is 16.2. The fourth-order valence-electron chi connectivity index (χ4n) is 4.05. The third kappa shape index (κ3) is 4.53. The normalized spacial score (nSPS) is 18.1. The Morgan fingerprint density at radius 1 is 1.24 bits per heavy atom. The van der Waals surface area contributed by atoms with Crippen LogP contribution in [0.25, 0.3) is 11.3 Å². The number of carbonyl (C=O) groups excluding carboxylic acids is 1. The summed E-state index contributed by atoms with van der Waals surface area (Å²) in [7, 11) is 0. The van der Waals surface area contributed by atoms with Gasteiger partial charge >= 0.3 is 6.03 Å². The predicted molar refractivity (Wildman–Crippen MR) is 124 cm³/mol. The predicted octanol–water partition coefficient (Wildman–Crippen LogP) is 3.84. The molecule has 1 aliphatic carbocycles. The van der Waals surface area contributed by atoms with Crippen LogP contribution in [0.3, 0.4) is 0 Å². The van der Waals surface area contributed by atoms with E-state index in [1.54, 1.807) is 34.1 Å². The number of halogens is 4. The number of rotatable bonds is 6. The topological polar surface area (TPSA) is 96.6 Å². The van der Waals surface area contributed by atoms with Crippen molar-refractivity contribution in [3.05, 3.63) is 57.4 Å². The van der Waals surface area contributed by atoms with Crippen LogP contribution in [-0.2, 0) is 13.1 Å². The van der Waals surface area contributed by atoms with Crippen molar-refractivity contribution in [1.29, 1.82) is 0 Å². The smallest absolute Gasteiger partial charge is 0.322 e. The summed E-state index contributed by atoms with van der Waals surface area (Å²) in [5.74, 6) is -2.27. The Morgan fingerprint density at radius 3 is 2.68 bits per heavy atom. The number of aromatic nitrogens is 2. The summed E-state index contributed by atoms with van der Waals surface area (Å²) in [5, 5.41) is 3.44. The Labute approximate surface area is 204 Å². The van der Waals surface area contributed by atoms with Gasteiger partial charge in [-0.3, -0.25) is 4.90 Å². The lowest BCUT2D eigenvalue weighted by Gasteiger charge is -2.38. The SMILES string of the molecule is Nc1nc2c(c(-c3c(Cl)cc(Cl)cc3OCCN3CC(F)(F)C3)n1)CN(C(=O)NC1=CC=C1)C2. The number of anilines is 1. The molecule has 12 heteroatoms. The second kappa shape index (κ2) is 8.68. The Bertz CT molecular complexity index is 1230. The summed E-state index contributed by atoms with van der Waals surface area (Å²) in [4.78, 5) is 24.5. The molecule has 1 saturated heterocycles. The summed E-state index contributed by atoms with van der Waals surface area (Å²) in [6.07, 6.45) is 5.42. The summed E-state index contributed by atoms with van der Waals surface area (Å²) in [6, 6.07) is 2.87. The van der Waals surface area contributed by atoms with Crippen LogP contribution in [0.2, 0.25) is 10.0 Å². The number of ether oxygens (including phenoxy) is 1. The average Bonchev–Trinajstić information content (AvgIpc) is 3.12. The zero-order valence-corrected chi connectivity index (χ0v) is 19.3. The van der Waals surface area contributed by atoms with Crippen molar-refractivity contribution in [2.45, 2.75) is 19.0 Å². The number of fused-ring (bicyclic) bond motifs is 1. The van der Waals surface area contributed by atoms with E-state index in [0.29, 0.717) is 39.8 Å². The standard InChI is InChI=1S/C22H20Cl2F2N6O2/c23-12-6-15(24)18(17(7-12)34-5-4-31-10-22(25,26)11-31)19-14-8-32(9-16(14)29-20(27)30-19)21(33)28-13-2-1-3-13/h1-3,6-7H,4-5,8-11H2,(H,28,33)(H2,27,29,30). The lowest BCUT2D eigenvalue weighted by atomic mass is 10.0. The number of urea groups is 1. The van der Waals surface area contributed by atoms with Crippen LogP contribution in [0, 0.1) is 0 Å². The Kier molecular flexibility index (Phi) is 5.83. The van der Waals surface area contributed by atoms with Crippen LogP contribution < -0.4 is 15.8 Å². The quantitative estimate of drug-likeness (QED) is 0.615. The maximum Gasteiger partial charge on any atom is 0.322 e. The number of carbonyl (C=O) groups is 1. The van der Waals surface area contributed by atoms with Crippen molar-refractivity contribution < 1.29 is 18.3 Å². The summed E-state index contributed by atoms with van der Waals surface area (Å²) in [5.41, 5.74) is 8.89. The van der Waals surface area contributed by atoms with Crippen LogP contribution in [0.15, 0.2) is 36.1 Å². The van der Waals surface area contributed by atoms with Gasteiger partial charge in [-0.2, -0.15) is 0 Å². The number of allylic oxidation sites excluding steroid dienone is 3. The molecule has 3 heterocycles. The molecule has 2 aliphatic heterocycles. The molecule has 1 fully saturated rings. The molecule has 1 aromatic heterocycles. The van der Waals surface area contributed by atoms with E-state index >= 15 is 0 Å².